The third-order valence-electron chi connectivity index (χ3n) is 5.91. The second-order valence-electron chi connectivity index (χ2n) is 7.33. The SMILES string of the molecule is Cc1cccc(NC(=O)C2(N)C3CCCOC3C2(C)C)c1C.Cl. The van der Waals surface area contributed by atoms with Gasteiger partial charge in [-0.1, -0.05) is 26.0 Å². The second-order valence-corrected chi connectivity index (χ2v) is 7.33. The summed E-state index contributed by atoms with van der Waals surface area (Å²) in [6.45, 7) is 8.93. The Balaban J connectivity index is 0.00000192. The van der Waals surface area contributed by atoms with E-state index in [1.54, 1.807) is 0 Å². The van der Waals surface area contributed by atoms with E-state index in [1.807, 2.05) is 45.9 Å². The van der Waals surface area contributed by atoms with E-state index in [9.17, 15) is 4.79 Å². The van der Waals surface area contributed by atoms with Gasteiger partial charge in [0.1, 0.15) is 5.54 Å². The molecule has 3 rings (SSSR count). The molecular formula is C18H27ClN2O2. The van der Waals surface area contributed by atoms with E-state index in [0.717, 1.165) is 36.3 Å². The summed E-state index contributed by atoms with van der Waals surface area (Å²) in [4.78, 5) is 13.0. The van der Waals surface area contributed by atoms with Gasteiger partial charge in [0.15, 0.2) is 0 Å². The second kappa shape index (κ2) is 6.08. The van der Waals surface area contributed by atoms with Crippen molar-refractivity contribution in [3.63, 3.8) is 0 Å². The lowest BCUT2D eigenvalue weighted by Crippen LogP contribution is -2.81. The van der Waals surface area contributed by atoms with Crippen molar-refractivity contribution >= 4 is 24.0 Å². The molecule has 2 aliphatic rings. The molecule has 1 amide bonds. The van der Waals surface area contributed by atoms with E-state index in [2.05, 4.69) is 5.32 Å². The first kappa shape index (κ1) is 18.2. The number of nitrogens with one attached hydrogen (secondary N) is 1. The molecule has 2 fully saturated rings. The van der Waals surface area contributed by atoms with Crippen molar-refractivity contribution in [2.45, 2.75) is 52.2 Å². The molecule has 3 N–H and O–H groups in total. The summed E-state index contributed by atoms with van der Waals surface area (Å²) in [6.07, 6.45) is 2.04. The molecule has 1 aliphatic heterocycles. The third kappa shape index (κ3) is 2.48. The molecule has 0 radical (unpaired) electrons. The molecule has 0 spiro atoms. The quantitative estimate of drug-likeness (QED) is 0.870. The predicted octanol–water partition coefficient (Wildman–Crippen LogP) is 3.20. The molecule has 1 aliphatic carbocycles. The van der Waals surface area contributed by atoms with Gasteiger partial charge in [-0.15, -0.1) is 12.4 Å². The summed E-state index contributed by atoms with van der Waals surface area (Å²) < 4.78 is 5.87. The highest BCUT2D eigenvalue weighted by molar-refractivity contribution is 6.00. The maximum Gasteiger partial charge on any atom is 0.245 e. The van der Waals surface area contributed by atoms with Gasteiger partial charge >= 0.3 is 0 Å². The monoisotopic (exact) mass is 338 g/mol. The number of rotatable bonds is 2. The van der Waals surface area contributed by atoms with Gasteiger partial charge < -0.3 is 15.8 Å². The van der Waals surface area contributed by atoms with Crippen LogP contribution in [0.15, 0.2) is 18.2 Å². The largest absolute Gasteiger partial charge is 0.377 e. The van der Waals surface area contributed by atoms with Crippen LogP contribution in [0, 0.1) is 25.2 Å². The van der Waals surface area contributed by atoms with Gasteiger partial charge in [-0.05, 0) is 43.9 Å². The van der Waals surface area contributed by atoms with Crippen LogP contribution in [0.5, 0.6) is 0 Å². The smallest absolute Gasteiger partial charge is 0.245 e. The molecule has 1 heterocycles. The van der Waals surface area contributed by atoms with Crippen LogP contribution in [0.1, 0.15) is 37.8 Å². The van der Waals surface area contributed by atoms with E-state index >= 15 is 0 Å². The maximum absolute atomic E-state index is 13.0. The number of fused-ring (bicyclic) bond motifs is 1. The number of anilines is 1. The van der Waals surface area contributed by atoms with Crippen LogP contribution in [0.4, 0.5) is 5.69 Å². The lowest BCUT2D eigenvalue weighted by Gasteiger charge is -2.65. The van der Waals surface area contributed by atoms with E-state index < -0.39 is 5.54 Å². The molecule has 23 heavy (non-hydrogen) atoms. The Hall–Kier alpha value is -1.10. The molecule has 128 valence electrons. The van der Waals surface area contributed by atoms with Crippen molar-refractivity contribution < 1.29 is 9.53 Å². The Bertz CT molecular complexity index is 617. The Kier molecular flexibility index (Phi) is 4.82. The van der Waals surface area contributed by atoms with Crippen LogP contribution >= 0.6 is 12.4 Å². The number of nitrogens with two attached hydrogens (primary N) is 1. The molecule has 0 bridgehead atoms. The number of halogens is 1. The summed E-state index contributed by atoms with van der Waals surface area (Å²) in [7, 11) is 0. The zero-order chi connectivity index (χ0) is 16.1. The lowest BCUT2D eigenvalue weighted by atomic mass is 9.46. The maximum atomic E-state index is 13.0. The highest BCUT2D eigenvalue weighted by Gasteiger charge is 2.70. The molecule has 5 heteroatoms. The van der Waals surface area contributed by atoms with Gasteiger partial charge in [0, 0.05) is 23.6 Å². The lowest BCUT2D eigenvalue weighted by molar-refractivity contribution is -0.222. The number of aryl methyl sites for hydroxylation is 1. The minimum absolute atomic E-state index is 0. The zero-order valence-corrected chi connectivity index (χ0v) is 15.1. The fourth-order valence-corrected chi connectivity index (χ4v) is 4.15. The molecule has 3 atom stereocenters. The molecule has 1 saturated carbocycles. The number of ether oxygens (including phenoxy) is 1. The first-order valence-corrected chi connectivity index (χ1v) is 8.08. The van der Waals surface area contributed by atoms with Crippen molar-refractivity contribution in [3.05, 3.63) is 29.3 Å². The highest BCUT2D eigenvalue weighted by atomic mass is 35.5. The number of carbonyl (C=O) groups excluding carboxylic acids is 1. The molecular weight excluding hydrogens is 312 g/mol. The number of amides is 1. The number of benzene rings is 1. The van der Waals surface area contributed by atoms with Crippen LogP contribution in [-0.2, 0) is 9.53 Å². The van der Waals surface area contributed by atoms with E-state index in [0.29, 0.717) is 0 Å². The Morgan fingerprint density at radius 1 is 1.35 bits per heavy atom. The zero-order valence-electron chi connectivity index (χ0n) is 14.3. The first-order chi connectivity index (χ1) is 10.3. The topological polar surface area (TPSA) is 64.4 Å². The predicted molar refractivity (Wildman–Crippen MR) is 95.0 cm³/mol. The van der Waals surface area contributed by atoms with Gasteiger partial charge in [0.2, 0.25) is 5.91 Å². The van der Waals surface area contributed by atoms with Crippen LogP contribution in [-0.4, -0.2) is 24.2 Å². The number of hydrogen-bond donors (Lipinski definition) is 2. The summed E-state index contributed by atoms with van der Waals surface area (Å²) in [5.74, 6) is 0.0271. The average Bonchev–Trinajstić information content (AvgIpc) is 2.50. The van der Waals surface area contributed by atoms with Crippen molar-refractivity contribution in [3.8, 4) is 0 Å². The average molecular weight is 339 g/mol. The van der Waals surface area contributed by atoms with Gasteiger partial charge in [-0.2, -0.15) is 0 Å². The number of carbonyl (C=O) groups is 1. The normalized spacial score (nSPS) is 31.3. The van der Waals surface area contributed by atoms with Gasteiger partial charge in [0.25, 0.3) is 0 Å². The molecule has 1 aromatic rings. The number of hydrogen-bond acceptors (Lipinski definition) is 3. The van der Waals surface area contributed by atoms with E-state index in [-0.39, 0.29) is 35.8 Å². The van der Waals surface area contributed by atoms with Crippen LogP contribution < -0.4 is 11.1 Å². The molecule has 1 aromatic carbocycles. The Morgan fingerprint density at radius 2 is 2.04 bits per heavy atom. The van der Waals surface area contributed by atoms with Gasteiger partial charge in [-0.25, -0.2) is 0 Å². The van der Waals surface area contributed by atoms with E-state index in [4.69, 9.17) is 10.5 Å². The van der Waals surface area contributed by atoms with Gasteiger partial charge in [0.05, 0.1) is 6.10 Å². The highest BCUT2D eigenvalue weighted by Crippen LogP contribution is 2.57. The molecule has 4 nitrogen and oxygen atoms in total. The van der Waals surface area contributed by atoms with E-state index in [1.165, 1.54) is 0 Å². The van der Waals surface area contributed by atoms with Crippen molar-refractivity contribution in [2.24, 2.45) is 17.1 Å². The van der Waals surface area contributed by atoms with Crippen molar-refractivity contribution in [1.29, 1.82) is 0 Å². The summed E-state index contributed by atoms with van der Waals surface area (Å²) in [5.41, 5.74) is 8.51. The molecule has 3 unspecified atom stereocenters. The fraction of sp³-hybridized carbons (Fsp3) is 0.611. The molecule has 1 saturated heterocycles. The first-order valence-electron chi connectivity index (χ1n) is 8.08. The van der Waals surface area contributed by atoms with Crippen LogP contribution in [0.2, 0.25) is 0 Å². The summed E-state index contributed by atoms with van der Waals surface area (Å²) in [5, 5.41) is 3.06. The fourth-order valence-electron chi connectivity index (χ4n) is 4.15. The van der Waals surface area contributed by atoms with Crippen molar-refractivity contribution in [1.82, 2.24) is 0 Å². The Morgan fingerprint density at radius 3 is 2.74 bits per heavy atom. The third-order valence-corrected chi connectivity index (χ3v) is 5.91. The Labute approximate surface area is 144 Å². The minimum Gasteiger partial charge on any atom is -0.377 e. The summed E-state index contributed by atoms with van der Waals surface area (Å²) in [6, 6.07) is 5.94. The molecule has 0 aromatic heterocycles. The standard InChI is InChI=1S/C18H26N2O2.ClH/c1-11-7-5-9-14(12(11)2)20-16(21)18(19)13-8-6-10-22-15(13)17(18,3)4;/h5,7,9,13,15H,6,8,10,19H2,1-4H3,(H,20,21);1H. The minimum atomic E-state index is -0.867. The van der Waals surface area contributed by atoms with Crippen LogP contribution in [0.3, 0.4) is 0 Å². The van der Waals surface area contributed by atoms with Crippen LogP contribution in [0.25, 0.3) is 0 Å². The van der Waals surface area contributed by atoms with Crippen molar-refractivity contribution in [2.75, 3.05) is 11.9 Å². The summed E-state index contributed by atoms with van der Waals surface area (Å²) >= 11 is 0. The van der Waals surface area contributed by atoms with Gasteiger partial charge in [-0.3, -0.25) is 4.79 Å².